The fraction of sp³-hybridized carbons (Fsp3) is 0.333. The number of pyridine rings is 1. The van der Waals surface area contributed by atoms with Crippen molar-refractivity contribution in [1.82, 2.24) is 9.88 Å². The zero-order chi connectivity index (χ0) is 21.3. The Bertz CT molecular complexity index is 1110. The van der Waals surface area contributed by atoms with E-state index in [1.54, 1.807) is 20.3 Å². The van der Waals surface area contributed by atoms with E-state index < -0.39 is 0 Å². The third kappa shape index (κ3) is 3.59. The highest BCUT2D eigenvalue weighted by Crippen LogP contribution is 2.34. The Kier molecular flexibility index (Phi) is 5.59. The standard InChI is InChI=1S/C24H27N3O3/c1-5-27-11-10-19-17(14-27)23(16-8-6-7-9-18(16)25-19)24(28)26-20-13-22(30-4)21(29-3)12-15(20)2/h6-9,12-13H,5,10-11,14H2,1-4H3,(H,26,28). The van der Waals surface area contributed by atoms with Crippen molar-refractivity contribution in [1.29, 1.82) is 0 Å². The summed E-state index contributed by atoms with van der Waals surface area (Å²) in [6.07, 6.45) is 0.851. The normalized spacial score (nSPS) is 13.7. The molecular formula is C24H27N3O3. The Balaban J connectivity index is 1.80. The number of fused-ring (bicyclic) bond motifs is 2. The van der Waals surface area contributed by atoms with Gasteiger partial charge in [-0.15, -0.1) is 0 Å². The predicted octanol–water partition coefficient (Wildman–Crippen LogP) is 4.19. The van der Waals surface area contributed by atoms with Crippen LogP contribution in [0.3, 0.4) is 0 Å². The quantitative estimate of drug-likeness (QED) is 0.690. The van der Waals surface area contributed by atoms with Crippen LogP contribution in [0.1, 0.15) is 34.1 Å². The number of benzene rings is 2. The molecule has 0 atom stereocenters. The van der Waals surface area contributed by atoms with Crippen LogP contribution in [0.5, 0.6) is 11.5 Å². The molecule has 1 N–H and O–H groups in total. The van der Waals surface area contributed by atoms with Gasteiger partial charge in [0.1, 0.15) is 0 Å². The van der Waals surface area contributed by atoms with E-state index in [9.17, 15) is 4.79 Å². The number of nitrogens with one attached hydrogen (secondary N) is 1. The van der Waals surface area contributed by atoms with Crippen molar-refractivity contribution in [2.24, 2.45) is 0 Å². The lowest BCUT2D eigenvalue weighted by Crippen LogP contribution is -2.33. The monoisotopic (exact) mass is 405 g/mol. The second-order valence-corrected chi connectivity index (χ2v) is 7.52. The fourth-order valence-corrected chi connectivity index (χ4v) is 4.08. The molecule has 1 aliphatic heterocycles. The molecule has 156 valence electrons. The fourth-order valence-electron chi connectivity index (χ4n) is 4.08. The molecule has 2 heterocycles. The van der Waals surface area contributed by atoms with Gasteiger partial charge in [0, 0.05) is 47.9 Å². The largest absolute Gasteiger partial charge is 0.493 e. The molecule has 30 heavy (non-hydrogen) atoms. The van der Waals surface area contributed by atoms with Gasteiger partial charge < -0.3 is 14.8 Å². The van der Waals surface area contributed by atoms with Gasteiger partial charge in [-0.1, -0.05) is 25.1 Å². The molecule has 1 aliphatic rings. The summed E-state index contributed by atoms with van der Waals surface area (Å²) in [6, 6.07) is 11.5. The number of methoxy groups -OCH3 is 2. The van der Waals surface area contributed by atoms with Crippen LogP contribution < -0.4 is 14.8 Å². The van der Waals surface area contributed by atoms with Gasteiger partial charge in [-0.05, 0) is 31.2 Å². The van der Waals surface area contributed by atoms with E-state index in [1.165, 1.54) is 0 Å². The zero-order valence-corrected chi connectivity index (χ0v) is 17.9. The summed E-state index contributed by atoms with van der Waals surface area (Å²) in [5.41, 5.74) is 5.22. The number of hydrogen-bond donors (Lipinski definition) is 1. The number of carbonyl (C=O) groups is 1. The second-order valence-electron chi connectivity index (χ2n) is 7.52. The van der Waals surface area contributed by atoms with E-state index in [0.29, 0.717) is 22.7 Å². The van der Waals surface area contributed by atoms with Crippen LogP contribution in [-0.4, -0.2) is 43.1 Å². The first kappa shape index (κ1) is 20.2. The predicted molar refractivity (Wildman–Crippen MR) is 119 cm³/mol. The molecule has 0 spiro atoms. The minimum absolute atomic E-state index is 0.127. The number of para-hydroxylation sites is 1. The molecule has 0 fully saturated rings. The molecule has 6 nitrogen and oxygen atoms in total. The second kappa shape index (κ2) is 8.32. The van der Waals surface area contributed by atoms with Gasteiger partial charge in [0.25, 0.3) is 5.91 Å². The van der Waals surface area contributed by atoms with Crippen molar-refractivity contribution in [3.05, 3.63) is 58.8 Å². The number of anilines is 1. The van der Waals surface area contributed by atoms with Crippen LogP contribution >= 0.6 is 0 Å². The number of rotatable bonds is 5. The van der Waals surface area contributed by atoms with Gasteiger partial charge in [-0.25, -0.2) is 0 Å². The average Bonchev–Trinajstić information content (AvgIpc) is 2.77. The molecule has 2 aromatic carbocycles. The number of amides is 1. The first-order valence-corrected chi connectivity index (χ1v) is 10.2. The van der Waals surface area contributed by atoms with Gasteiger partial charge in [0.05, 0.1) is 25.3 Å². The first-order valence-electron chi connectivity index (χ1n) is 10.2. The van der Waals surface area contributed by atoms with Crippen molar-refractivity contribution >= 4 is 22.5 Å². The molecule has 0 aliphatic carbocycles. The Morgan fingerprint density at radius 1 is 1.17 bits per heavy atom. The molecule has 0 radical (unpaired) electrons. The molecule has 0 bridgehead atoms. The topological polar surface area (TPSA) is 63.7 Å². The summed E-state index contributed by atoms with van der Waals surface area (Å²) in [4.78, 5) is 20.8. The SMILES string of the molecule is CCN1CCc2nc3ccccc3c(C(=O)Nc3cc(OC)c(OC)cc3C)c2C1. The van der Waals surface area contributed by atoms with Crippen molar-refractivity contribution in [2.75, 3.05) is 32.6 Å². The number of aryl methyl sites for hydroxylation is 1. The Morgan fingerprint density at radius 3 is 2.63 bits per heavy atom. The maximum absolute atomic E-state index is 13.6. The minimum atomic E-state index is -0.127. The Labute approximate surface area is 176 Å². The molecule has 0 saturated heterocycles. The van der Waals surface area contributed by atoms with E-state index in [2.05, 4.69) is 17.1 Å². The molecule has 6 heteroatoms. The highest BCUT2D eigenvalue weighted by molar-refractivity contribution is 6.14. The van der Waals surface area contributed by atoms with Crippen molar-refractivity contribution in [2.45, 2.75) is 26.8 Å². The van der Waals surface area contributed by atoms with Gasteiger partial charge in [-0.3, -0.25) is 14.7 Å². The van der Waals surface area contributed by atoms with Gasteiger partial charge in [-0.2, -0.15) is 0 Å². The van der Waals surface area contributed by atoms with Gasteiger partial charge >= 0.3 is 0 Å². The smallest absolute Gasteiger partial charge is 0.256 e. The third-order valence-electron chi connectivity index (χ3n) is 5.78. The lowest BCUT2D eigenvalue weighted by molar-refractivity contribution is 0.102. The van der Waals surface area contributed by atoms with E-state index >= 15 is 0 Å². The summed E-state index contributed by atoms with van der Waals surface area (Å²) in [5, 5.41) is 3.99. The van der Waals surface area contributed by atoms with Crippen molar-refractivity contribution in [3.63, 3.8) is 0 Å². The van der Waals surface area contributed by atoms with Crippen molar-refractivity contribution < 1.29 is 14.3 Å². The molecule has 1 aromatic heterocycles. The zero-order valence-electron chi connectivity index (χ0n) is 17.9. The number of hydrogen-bond acceptors (Lipinski definition) is 5. The third-order valence-corrected chi connectivity index (χ3v) is 5.78. The summed E-state index contributed by atoms with van der Waals surface area (Å²) >= 11 is 0. The van der Waals surface area contributed by atoms with E-state index in [0.717, 1.165) is 53.8 Å². The summed E-state index contributed by atoms with van der Waals surface area (Å²) < 4.78 is 10.8. The maximum Gasteiger partial charge on any atom is 0.256 e. The molecule has 1 amide bonds. The average molecular weight is 405 g/mol. The number of likely N-dealkylation sites (N-methyl/N-ethyl adjacent to an activating group) is 1. The van der Waals surface area contributed by atoms with Gasteiger partial charge in [0.2, 0.25) is 0 Å². The lowest BCUT2D eigenvalue weighted by atomic mass is 9.95. The molecular weight excluding hydrogens is 378 g/mol. The molecule has 0 unspecified atom stereocenters. The van der Waals surface area contributed by atoms with Crippen LogP contribution in [-0.2, 0) is 13.0 Å². The van der Waals surface area contributed by atoms with Crippen LogP contribution in [0.2, 0.25) is 0 Å². The Morgan fingerprint density at radius 2 is 1.90 bits per heavy atom. The summed E-state index contributed by atoms with van der Waals surface area (Å²) in [6.45, 7) is 6.73. The van der Waals surface area contributed by atoms with E-state index in [1.807, 2.05) is 37.3 Å². The lowest BCUT2D eigenvalue weighted by Gasteiger charge is -2.29. The highest BCUT2D eigenvalue weighted by atomic mass is 16.5. The molecule has 4 rings (SSSR count). The molecule has 0 saturated carbocycles. The number of nitrogens with zero attached hydrogens (tertiary/aromatic N) is 2. The number of aromatic nitrogens is 1. The minimum Gasteiger partial charge on any atom is -0.493 e. The van der Waals surface area contributed by atoms with Crippen LogP contribution in [0.4, 0.5) is 5.69 Å². The van der Waals surface area contributed by atoms with Gasteiger partial charge in [0.15, 0.2) is 11.5 Å². The van der Waals surface area contributed by atoms with E-state index in [4.69, 9.17) is 14.5 Å². The molecule has 3 aromatic rings. The van der Waals surface area contributed by atoms with Crippen LogP contribution in [0.25, 0.3) is 10.9 Å². The summed E-state index contributed by atoms with van der Waals surface area (Å²) in [7, 11) is 3.19. The summed E-state index contributed by atoms with van der Waals surface area (Å²) in [5.74, 6) is 1.09. The number of ether oxygens (including phenoxy) is 2. The van der Waals surface area contributed by atoms with Crippen LogP contribution in [0.15, 0.2) is 36.4 Å². The van der Waals surface area contributed by atoms with Crippen LogP contribution in [0, 0.1) is 6.92 Å². The van der Waals surface area contributed by atoms with E-state index in [-0.39, 0.29) is 5.91 Å². The van der Waals surface area contributed by atoms with Crippen molar-refractivity contribution in [3.8, 4) is 11.5 Å². The first-order chi connectivity index (χ1) is 14.5. The maximum atomic E-state index is 13.6. The number of carbonyl (C=O) groups excluding carboxylic acids is 1. The Hall–Kier alpha value is -3.12. The highest BCUT2D eigenvalue weighted by Gasteiger charge is 2.25.